The summed E-state index contributed by atoms with van der Waals surface area (Å²) in [6, 6.07) is 8.94. The van der Waals surface area contributed by atoms with E-state index in [1.807, 2.05) is 0 Å². The number of carbonyl (C=O) groups excluding carboxylic acids is 1. The number of carbonyl (C=O) groups is 1. The van der Waals surface area contributed by atoms with E-state index in [-0.39, 0.29) is 4.88 Å². The Morgan fingerprint density at radius 3 is 2.64 bits per heavy atom. The second-order valence-electron chi connectivity index (χ2n) is 4.58. The highest BCUT2D eigenvalue weighted by molar-refractivity contribution is 8.01. The molecule has 0 aliphatic heterocycles. The Morgan fingerprint density at radius 2 is 2.09 bits per heavy atom. The predicted molar refractivity (Wildman–Crippen MR) is 89.4 cm³/mol. The van der Waals surface area contributed by atoms with Crippen molar-refractivity contribution < 1.29 is 9.90 Å². The zero-order valence-electron chi connectivity index (χ0n) is 11.9. The third kappa shape index (κ3) is 3.64. The summed E-state index contributed by atoms with van der Waals surface area (Å²) in [4.78, 5) is 11.5. The van der Waals surface area contributed by atoms with Crippen LogP contribution < -0.4 is 5.11 Å². The molecule has 0 atom stereocenters. The summed E-state index contributed by atoms with van der Waals surface area (Å²) in [6.07, 6.45) is 2.07. The van der Waals surface area contributed by atoms with Gasteiger partial charge in [-0.2, -0.15) is 5.26 Å². The van der Waals surface area contributed by atoms with Crippen LogP contribution in [0.15, 0.2) is 28.5 Å². The van der Waals surface area contributed by atoms with Gasteiger partial charge in [-0.1, -0.05) is 37.1 Å². The molecule has 114 valence electrons. The largest absolute Gasteiger partial charge is 0.544 e. The van der Waals surface area contributed by atoms with Gasteiger partial charge in [0.05, 0.1) is 20.6 Å². The minimum atomic E-state index is -1.26. The van der Waals surface area contributed by atoms with Gasteiger partial charge in [-0.3, -0.25) is 0 Å². The van der Waals surface area contributed by atoms with Crippen molar-refractivity contribution in [3.05, 3.63) is 39.7 Å². The van der Waals surface area contributed by atoms with E-state index in [2.05, 4.69) is 13.0 Å². The van der Waals surface area contributed by atoms with Crippen LogP contribution >= 0.6 is 34.7 Å². The molecule has 0 radical (unpaired) electrons. The summed E-state index contributed by atoms with van der Waals surface area (Å²) in [5.41, 5.74) is 1.51. The summed E-state index contributed by atoms with van der Waals surface area (Å²) in [7, 11) is 0. The number of carboxylic acid groups (broad SMARTS) is 1. The van der Waals surface area contributed by atoms with Crippen molar-refractivity contribution >= 4 is 40.7 Å². The quantitative estimate of drug-likeness (QED) is 0.578. The van der Waals surface area contributed by atoms with E-state index in [9.17, 15) is 15.2 Å². The Hall–Kier alpha value is -1.48. The lowest BCUT2D eigenvalue weighted by Gasteiger charge is -2.05. The normalized spacial score (nSPS) is 10.4. The Kier molecular flexibility index (Phi) is 5.90. The second-order valence-corrected chi connectivity index (χ2v) is 7.40. The zero-order chi connectivity index (χ0) is 16.1. The lowest BCUT2D eigenvalue weighted by atomic mass is 10.0. The van der Waals surface area contributed by atoms with Gasteiger partial charge >= 0.3 is 0 Å². The molecule has 3 nitrogen and oxygen atoms in total. The molecule has 1 aromatic heterocycles. The number of nitriles is 1. The van der Waals surface area contributed by atoms with Crippen LogP contribution in [0.25, 0.3) is 11.1 Å². The molecule has 0 amide bonds. The molecular formula is C16H13ClNO2S2-. The number of benzene rings is 1. The van der Waals surface area contributed by atoms with Gasteiger partial charge in [0.1, 0.15) is 6.07 Å². The van der Waals surface area contributed by atoms with Gasteiger partial charge in [0.25, 0.3) is 0 Å². The van der Waals surface area contributed by atoms with Gasteiger partial charge in [0.15, 0.2) is 0 Å². The number of nitrogens with zero attached hydrogens (tertiary/aromatic N) is 1. The average molecular weight is 351 g/mol. The number of halogens is 1. The van der Waals surface area contributed by atoms with E-state index < -0.39 is 5.97 Å². The Labute approximate surface area is 142 Å². The van der Waals surface area contributed by atoms with Gasteiger partial charge < -0.3 is 9.90 Å². The number of hydrogen-bond donors (Lipinski definition) is 0. The lowest BCUT2D eigenvalue weighted by Crippen LogP contribution is -2.21. The van der Waals surface area contributed by atoms with Crippen molar-refractivity contribution in [2.24, 2.45) is 0 Å². The maximum atomic E-state index is 11.4. The molecule has 0 saturated carbocycles. The van der Waals surface area contributed by atoms with Crippen molar-refractivity contribution in [2.75, 3.05) is 5.75 Å². The Balaban J connectivity index is 2.52. The zero-order valence-corrected chi connectivity index (χ0v) is 14.3. The second kappa shape index (κ2) is 7.68. The number of aromatic carboxylic acids is 1. The summed E-state index contributed by atoms with van der Waals surface area (Å²) in [5.74, 6) is -0.396. The fourth-order valence-corrected chi connectivity index (χ4v) is 4.57. The minimum absolute atomic E-state index is 0.0953. The molecule has 0 aliphatic carbocycles. The Morgan fingerprint density at radius 1 is 1.41 bits per heavy atom. The number of unbranched alkanes of at least 4 members (excludes halogenated alkanes) is 1. The fourth-order valence-electron chi connectivity index (χ4n) is 1.96. The smallest absolute Gasteiger partial charge is 0.102 e. The molecule has 1 heterocycles. The maximum Gasteiger partial charge on any atom is 0.102 e. The third-order valence-electron chi connectivity index (χ3n) is 3.04. The van der Waals surface area contributed by atoms with Gasteiger partial charge in [-0.15, -0.1) is 23.1 Å². The van der Waals surface area contributed by atoms with Gasteiger partial charge in [0.2, 0.25) is 0 Å². The van der Waals surface area contributed by atoms with E-state index in [0.717, 1.165) is 34.1 Å². The van der Waals surface area contributed by atoms with E-state index in [1.165, 1.54) is 11.8 Å². The highest BCUT2D eigenvalue weighted by atomic mass is 35.5. The first kappa shape index (κ1) is 16.9. The molecule has 2 aromatic rings. The van der Waals surface area contributed by atoms with E-state index >= 15 is 0 Å². The van der Waals surface area contributed by atoms with Crippen molar-refractivity contribution in [3.8, 4) is 17.2 Å². The van der Waals surface area contributed by atoms with E-state index in [1.54, 1.807) is 24.3 Å². The standard InChI is InChI=1S/C16H14ClNO2S2/c1-2-3-8-21-16-12(9-18)13(14(22-16)15(19)20)10-4-6-11(17)7-5-10/h4-7H,2-3,8H2,1H3,(H,19,20)/p-1. The summed E-state index contributed by atoms with van der Waals surface area (Å²) in [5, 5.41) is 21.5. The molecule has 22 heavy (non-hydrogen) atoms. The maximum absolute atomic E-state index is 11.4. The molecule has 2 rings (SSSR count). The van der Waals surface area contributed by atoms with Crippen molar-refractivity contribution in [2.45, 2.75) is 24.0 Å². The van der Waals surface area contributed by atoms with Crippen LogP contribution in [-0.2, 0) is 0 Å². The SMILES string of the molecule is CCCCSc1sc(C(=O)[O-])c(-c2ccc(Cl)cc2)c1C#N. The van der Waals surface area contributed by atoms with Crippen LogP contribution in [0.5, 0.6) is 0 Å². The molecule has 0 bridgehead atoms. The van der Waals surface area contributed by atoms with Crippen LogP contribution in [0.2, 0.25) is 5.02 Å². The van der Waals surface area contributed by atoms with E-state index in [0.29, 0.717) is 21.7 Å². The molecule has 6 heteroatoms. The molecule has 0 spiro atoms. The number of thiophene rings is 1. The van der Waals surface area contributed by atoms with Gasteiger partial charge in [-0.05, 0) is 29.9 Å². The van der Waals surface area contributed by atoms with Crippen molar-refractivity contribution in [1.29, 1.82) is 5.26 Å². The van der Waals surface area contributed by atoms with Gasteiger partial charge in [0, 0.05) is 10.6 Å². The highest BCUT2D eigenvalue weighted by Crippen LogP contribution is 2.41. The fraction of sp³-hybridized carbons (Fsp3) is 0.250. The van der Waals surface area contributed by atoms with Crippen LogP contribution in [0.4, 0.5) is 0 Å². The van der Waals surface area contributed by atoms with Crippen molar-refractivity contribution in [3.63, 3.8) is 0 Å². The molecule has 0 unspecified atom stereocenters. The average Bonchev–Trinajstić information content (AvgIpc) is 2.87. The topological polar surface area (TPSA) is 63.9 Å². The molecule has 0 aliphatic rings. The lowest BCUT2D eigenvalue weighted by molar-refractivity contribution is -0.254. The first-order valence-electron chi connectivity index (χ1n) is 6.75. The summed E-state index contributed by atoms with van der Waals surface area (Å²) in [6.45, 7) is 2.09. The number of hydrogen-bond acceptors (Lipinski definition) is 5. The molecule has 0 N–H and O–H groups in total. The summed E-state index contributed by atoms with van der Waals surface area (Å²) >= 11 is 8.51. The van der Waals surface area contributed by atoms with E-state index in [4.69, 9.17) is 11.6 Å². The number of rotatable bonds is 6. The first-order chi connectivity index (χ1) is 10.6. The van der Waals surface area contributed by atoms with Crippen LogP contribution in [0.3, 0.4) is 0 Å². The summed E-state index contributed by atoms with van der Waals surface area (Å²) < 4.78 is 0.736. The monoisotopic (exact) mass is 350 g/mol. The highest BCUT2D eigenvalue weighted by Gasteiger charge is 2.20. The minimum Gasteiger partial charge on any atom is -0.544 e. The molecule has 1 aromatic carbocycles. The van der Waals surface area contributed by atoms with Crippen LogP contribution in [0.1, 0.15) is 35.0 Å². The van der Waals surface area contributed by atoms with Gasteiger partial charge in [-0.25, -0.2) is 0 Å². The number of carboxylic acids is 1. The molecule has 0 fully saturated rings. The van der Waals surface area contributed by atoms with Crippen molar-refractivity contribution in [1.82, 2.24) is 0 Å². The van der Waals surface area contributed by atoms with Crippen LogP contribution in [-0.4, -0.2) is 11.7 Å². The first-order valence-corrected chi connectivity index (χ1v) is 8.93. The molecule has 0 saturated heterocycles. The van der Waals surface area contributed by atoms with Crippen LogP contribution in [0, 0.1) is 11.3 Å². The predicted octanol–water partition coefficient (Wildman–Crippen LogP) is 4.20. The number of thioether (sulfide) groups is 1. The third-order valence-corrected chi connectivity index (χ3v) is 5.82. The Bertz CT molecular complexity index is 717. The molecular weight excluding hydrogens is 338 g/mol.